The topological polar surface area (TPSA) is 71.3 Å². The Morgan fingerprint density at radius 3 is 2.67 bits per heavy atom. The number of furan rings is 1. The summed E-state index contributed by atoms with van der Waals surface area (Å²) in [7, 11) is 0. The van der Waals surface area contributed by atoms with Crippen molar-refractivity contribution in [1.29, 1.82) is 0 Å². The number of carbonyl (C=O) groups is 2. The number of nitrogens with one attached hydrogen (secondary N) is 2. The average Bonchev–Trinajstić information content (AvgIpc) is 3.19. The molecule has 0 unspecified atom stereocenters. The van der Waals surface area contributed by atoms with Gasteiger partial charge in [0.05, 0.1) is 6.26 Å². The van der Waals surface area contributed by atoms with Gasteiger partial charge in [-0.3, -0.25) is 9.59 Å². The maximum absolute atomic E-state index is 13.8. The molecule has 3 aromatic rings. The summed E-state index contributed by atoms with van der Waals surface area (Å²) < 4.78 is 19.6. The van der Waals surface area contributed by atoms with E-state index in [9.17, 15) is 14.0 Å². The molecule has 0 aliphatic carbocycles. The van der Waals surface area contributed by atoms with Gasteiger partial charge >= 0.3 is 0 Å². The number of hydrogen-bond acceptors (Lipinski definition) is 3. The Balaban J connectivity index is 1.71. The number of rotatable bonds is 5. The van der Waals surface area contributed by atoms with Gasteiger partial charge in [0, 0.05) is 27.8 Å². The number of anilines is 1. The van der Waals surface area contributed by atoms with Crippen molar-refractivity contribution in [2.45, 2.75) is 13.5 Å². The van der Waals surface area contributed by atoms with Crippen molar-refractivity contribution in [3.05, 3.63) is 87.5 Å². The Morgan fingerprint density at radius 2 is 1.93 bits per heavy atom. The summed E-state index contributed by atoms with van der Waals surface area (Å²) in [5.41, 5.74) is 2.02. The largest absolute Gasteiger partial charge is 0.459 e. The minimum atomic E-state index is -0.406. The van der Waals surface area contributed by atoms with Gasteiger partial charge < -0.3 is 15.1 Å². The van der Waals surface area contributed by atoms with E-state index in [1.165, 1.54) is 12.3 Å². The van der Waals surface area contributed by atoms with E-state index in [4.69, 9.17) is 4.42 Å². The summed E-state index contributed by atoms with van der Waals surface area (Å²) in [6.07, 6.45) is 1.41. The Kier molecular flexibility index (Phi) is 5.71. The fourth-order valence-electron chi connectivity index (χ4n) is 2.45. The molecule has 3 rings (SSSR count). The van der Waals surface area contributed by atoms with Crippen LogP contribution >= 0.6 is 15.9 Å². The van der Waals surface area contributed by atoms with Crippen molar-refractivity contribution in [3.8, 4) is 0 Å². The van der Waals surface area contributed by atoms with E-state index in [-0.39, 0.29) is 18.2 Å². The molecule has 7 heteroatoms. The molecule has 0 atom stereocenters. The Labute approximate surface area is 163 Å². The minimum Gasteiger partial charge on any atom is -0.459 e. The van der Waals surface area contributed by atoms with Crippen LogP contribution < -0.4 is 10.6 Å². The van der Waals surface area contributed by atoms with Crippen LogP contribution in [-0.4, -0.2) is 11.8 Å². The molecule has 0 aliphatic rings. The van der Waals surface area contributed by atoms with Crippen LogP contribution in [0.15, 0.2) is 63.7 Å². The van der Waals surface area contributed by atoms with Crippen LogP contribution in [0.5, 0.6) is 0 Å². The maximum atomic E-state index is 13.8. The van der Waals surface area contributed by atoms with Crippen molar-refractivity contribution < 1.29 is 18.4 Å². The summed E-state index contributed by atoms with van der Waals surface area (Å²) in [6, 6.07) is 12.6. The van der Waals surface area contributed by atoms with E-state index in [0.717, 1.165) is 10.0 Å². The van der Waals surface area contributed by atoms with Crippen LogP contribution in [0.4, 0.5) is 10.1 Å². The third-order valence-electron chi connectivity index (χ3n) is 3.94. The highest BCUT2D eigenvalue weighted by Crippen LogP contribution is 2.19. The molecule has 0 saturated carbocycles. The number of carbonyl (C=O) groups excluding carboxylic acids is 2. The van der Waals surface area contributed by atoms with Gasteiger partial charge in [0.15, 0.2) is 5.76 Å². The number of aryl methyl sites for hydroxylation is 1. The zero-order chi connectivity index (χ0) is 19.4. The lowest BCUT2D eigenvalue weighted by Gasteiger charge is -2.11. The van der Waals surface area contributed by atoms with E-state index in [2.05, 4.69) is 26.6 Å². The number of hydrogen-bond donors (Lipinski definition) is 2. The zero-order valence-corrected chi connectivity index (χ0v) is 16.0. The van der Waals surface area contributed by atoms with Crippen LogP contribution in [0.1, 0.15) is 32.0 Å². The van der Waals surface area contributed by atoms with Crippen molar-refractivity contribution in [3.63, 3.8) is 0 Å². The summed E-state index contributed by atoms with van der Waals surface area (Å²) in [6.45, 7) is 1.86. The second-order valence-electron chi connectivity index (χ2n) is 5.88. The number of halogens is 2. The van der Waals surface area contributed by atoms with Crippen LogP contribution in [0.25, 0.3) is 0 Å². The molecular weight excluding hydrogens is 415 g/mol. The molecule has 0 spiro atoms. The maximum Gasteiger partial charge on any atom is 0.291 e. The fourth-order valence-corrected chi connectivity index (χ4v) is 2.85. The Hall–Kier alpha value is -2.93. The molecular formula is C20H16BrFN2O3. The second kappa shape index (κ2) is 8.18. The van der Waals surface area contributed by atoms with E-state index in [1.807, 2.05) is 6.92 Å². The standard InChI is InChI=1S/C20H16BrFN2O3/c1-12-4-5-13(10-17(12)24-20(26)18-3-2-8-27-18)19(25)23-11-14-9-15(21)6-7-16(14)22/h2-10H,11H2,1H3,(H,23,25)(H,24,26). The molecule has 0 fully saturated rings. The highest BCUT2D eigenvalue weighted by molar-refractivity contribution is 9.10. The van der Waals surface area contributed by atoms with Crippen LogP contribution in [0.3, 0.4) is 0 Å². The van der Waals surface area contributed by atoms with Gasteiger partial charge in [-0.2, -0.15) is 0 Å². The SMILES string of the molecule is Cc1ccc(C(=O)NCc2cc(Br)ccc2F)cc1NC(=O)c1ccco1. The van der Waals surface area contributed by atoms with Crippen LogP contribution in [0.2, 0.25) is 0 Å². The van der Waals surface area contributed by atoms with Crippen molar-refractivity contribution in [2.75, 3.05) is 5.32 Å². The first kappa shape index (κ1) is 18.8. The van der Waals surface area contributed by atoms with E-state index in [1.54, 1.807) is 42.5 Å². The molecule has 0 aliphatic heterocycles. The average molecular weight is 431 g/mol. The zero-order valence-electron chi connectivity index (χ0n) is 14.4. The highest BCUT2D eigenvalue weighted by Gasteiger charge is 2.13. The minimum absolute atomic E-state index is 0.0477. The van der Waals surface area contributed by atoms with Crippen LogP contribution in [-0.2, 0) is 6.54 Å². The predicted octanol–water partition coefficient (Wildman–Crippen LogP) is 4.67. The smallest absolute Gasteiger partial charge is 0.291 e. The molecule has 1 aromatic heterocycles. The molecule has 0 saturated heterocycles. The predicted molar refractivity (Wildman–Crippen MR) is 103 cm³/mol. The molecule has 5 nitrogen and oxygen atoms in total. The Bertz CT molecular complexity index is 987. The lowest BCUT2D eigenvalue weighted by atomic mass is 10.1. The van der Waals surface area contributed by atoms with Crippen molar-refractivity contribution in [1.82, 2.24) is 5.32 Å². The van der Waals surface area contributed by atoms with Gasteiger partial charge in [-0.25, -0.2) is 4.39 Å². The van der Waals surface area contributed by atoms with Crippen molar-refractivity contribution >= 4 is 33.4 Å². The quantitative estimate of drug-likeness (QED) is 0.617. The first-order valence-electron chi connectivity index (χ1n) is 8.11. The molecule has 2 N–H and O–H groups in total. The third kappa shape index (κ3) is 4.62. The van der Waals surface area contributed by atoms with Gasteiger partial charge in [-0.1, -0.05) is 22.0 Å². The van der Waals surface area contributed by atoms with Crippen LogP contribution in [0, 0.1) is 12.7 Å². The lowest BCUT2D eigenvalue weighted by Crippen LogP contribution is -2.23. The van der Waals surface area contributed by atoms with Crippen molar-refractivity contribution in [2.24, 2.45) is 0 Å². The van der Waals surface area contributed by atoms with E-state index in [0.29, 0.717) is 16.8 Å². The van der Waals surface area contributed by atoms with Gasteiger partial charge in [-0.15, -0.1) is 0 Å². The highest BCUT2D eigenvalue weighted by atomic mass is 79.9. The van der Waals surface area contributed by atoms with Gasteiger partial charge in [-0.05, 0) is 55.0 Å². The number of amides is 2. The van der Waals surface area contributed by atoms with Gasteiger partial charge in [0.1, 0.15) is 5.82 Å². The lowest BCUT2D eigenvalue weighted by molar-refractivity contribution is 0.0948. The Morgan fingerprint density at radius 1 is 1.11 bits per heavy atom. The molecule has 1 heterocycles. The first-order valence-corrected chi connectivity index (χ1v) is 8.91. The molecule has 27 heavy (non-hydrogen) atoms. The summed E-state index contributed by atoms with van der Waals surface area (Å²) >= 11 is 3.28. The fraction of sp³-hybridized carbons (Fsp3) is 0.100. The normalized spacial score (nSPS) is 10.5. The summed E-state index contributed by atoms with van der Waals surface area (Å²) in [5.74, 6) is -0.997. The van der Waals surface area contributed by atoms with E-state index < -0.39 is 11.7 Å². The molecule has 2 aromatic carbocycles. The van der Waals surface area contributed by atoms with Gasteiger partial charge in [0.25, 0.3) is 11.8 Å². The molecule has 138 valence electrons. The monoisotopic (exact) mass is 430 g/mol. The van der Waals surface area contributed by atoms with Gasteiger partial charge in [0.2, 0.25) is 0 Å². The first-order chi connectivity index (χ1) is 12.9. The third-order valence-corrected chi connectivity index (χ3v) is 4.43. The second-order valence-corrected chi connectivity index (χ2v) is 6.80. The number of benzene rings is 2. The van der Waals surface area contributed by atoms with E-state index >= 15 is 0 Å². The molecule has 2 amide bonds. The summed E-state index contributed by atoms with van der Waals surface area (Å²) in [5, 5.41) is 5.40. The molecule has 0 radical (unpaired) electrons. The molecule has 0 bridgehead atoms. The summed E-state index contributed by atoms with van der Waals surface area (Å²) in [4.78, 5) is 24.6.